The maximum absolute atomic E-state index is 6.08. The molecular weight excluding hydrogens is 248 g/mol. The molecule has 1 fully saturated rings. The second kappa shape index (κ2) is 4.35. The summed E-state index contributed by atoms with van der Waals surface area (Å²) in [6.07, 6.45) is 0. The fourth-order valence-electron chi connectivity index (χ4n) is 2.76. The average Bonchev–Trinajstić information content (AvgIpc) is 2.54. The number of nitrogens with one attached hydrogen (secondary N) is 1. The Hall–Kier alpha value is -0.880. The third-order valence-corrected chi connectivity index (χ3v) is 3.34. The fraction of sp³-hybridized carbons (Fsp3) is 0.833. The van der Waals surface area contributed by atoms with Crippen LogP contribution in [0.5, 0.6) is 0 Å². The minimum absolute atomic E-state index is 0.187. The van der Waals surface area contributed by atoms with Crippen molar-refractivity contribution in [3.63, 3.8) is 0 Å². The highest BCUT2D eigenvalue weighted by atomic mass is 32.1. The molecule has 0 unspecified atom stereocenters. The molecule has 102 valence electrons. The summed E-state index contributed by atoms with van der Waals surface area (Å²) in [4.78, 5) is 2.25. The Kier molecular flexibility index (Phi) is 3.27. The van der Waals surface area contributed by atoms with Gasteiger partial charge in [0.2, 0.25) is 5.95 Å². The van der Waals surface area contributed by atoms with Gasteiger partial charge in [-0.15, -0.1) is 5.10 Å². The number of anilines is 1. The molecule has 0 saturated carbocycles. The van der Waals surface area contributed by atoms with Crippen LogP contribution in [-0.2, 0) is 11.3 Å². The largest absolute Gasteiger partial charge is 0.366 e. The van der Waals surface area contributed by atoms with Crippen LogP contribution < -0.4 is 4.90 Å². The summed E-state index contributed by atoms with van der Waals surface area (Å²) in [7, 11) is 0. The van der Waals surface area contributed by atoms with Crippen LogP contribution in [0.2, 0.25) is 0 Å². The van der Waals surface area contributed by atoms with Gasteiger partial charge < -0.3 is 9.64 Å². The van der Waals surface area contributed by atoms with E-state index in [9.17, 15) is 0 Å². The average molecular weight is 270 g/mol. The SMILES string of the molecule is CCn1c(N2CC(C)(C)OC(C)(C)C2)n[nH]c1=S. The fourth-order valence-corrected chi connectivity index (χ4v) is 3.02. The van der Waals surface area contributed by atoms with Crippen molar-refractivity contribution < 1.29 is 4.74 Å². The van der Waals surface area contributed by atoms with Crippen LogP contribution >= 0.6 is 12.2 Å². The topological polar surface area (TPSA) is 46.1 Å². The quantitative estimate of drug-likeness (QED) is 0.838. The first-order chi connectivity index (χ1) is 8.24. The first kappa shape index (κ1) is 13.5. The molecule has 5 nitrogen and oxygen atoms in total. The monoisotopic (exact) mass is 270 g/mol. The Balaban J connectivity index is 2.35. The number of morpholine rings is 1. The van der Waals surface area contributed by atoms with Gasteiger partial charge in [-0.3, -0.25) is 4.57 Å². The molecule has 6 heteroatoms. The first-order valence-corrected chi connectivity index (χ1v) is 6.75. The molecule has 1 saturated heterocycles. The van der Waals surface area contributed by atoms with Crippen LogP contribution in [0.4, 0.5) is 5.95 Å². The van der Waals surface area contributed by atoms with Crippen molar-refractivity contribution in [3.8, 4) is 0 Å². The lowest BCUT2D eigenvalue weighted by molar-refractivity contribution is -0.133. The third-order valence-electron chi connectivity index (χ3n) is 3.03. The lowest BCUT2D eigenvalue weighted by atomic mass is 9.99. The van der Waals surface area contributed by atoms with E-state index in [1.165, 1.54) is 0 Å². The van der Waals surface area contributed by atoms with E-state index in [0.717, 1.165) is 25.6 Å². The summed E-state index contributed by atoms with van der Waals surface area (Å²) < 4.78 is 8.77. The zero-order valence-electron chi connectivity index (χ0n) is 11.8. The zero-order chi connectivity index (χ0) is 13.6. The number of aromatic amines is 1. The second-order valence-electron chi connectivity index (χ2n) is 6.05. The van der Waals surface area contributed by atoms with Crippen LogP contribution in [-0.4, -0.2) is 39.1 Å². The third kappa shape index (κ3) is 2.59. The van der Waals surface area contributed by atoms with Crippen LogP contribution in [0, 0.1) is 4.77 Å². The minimum atomic E-state index is -0.187. The van der Waals surface area contributed by atoms with Gasteiger partial charge in [0.15, 0.2) is 4.77 Å². The Morgan fingerprint density at radius 1 is 1.28 bits per heavy atom. The highest BCUT2D eigenvalue weighted by Gasteiger charge is 2.39. The number of hydrogen-bond donors (Lipinski definition) is 1. The molecule has 0 radical (unpaired) electrons. The molecule has 2 heterocycles. The van der Waals surface area contributed by atoms with Gasteiger partial charge in [-0.25, -0.2) is 5.10 Å². The number of ether oxygens (including phenoxy) is 1. The van der Waals surface area contributed by atoms with E-state index in [1.54, 1.807) is 0 Å². The van der Waals surface area contributed by atoms with E-state index in [1.807, 2.05) is 4.57 Å². The number of nitrogens with zero attached hydrogens (tertiary/aromatic N) is 3. The van der Waals surface area contributed by atoms with Gasteiger partial charge in [-0.1, -0.05) is 0 Å². The molecule has 1 aliphatic rings. The number of rotatable bonds is 2. The van der Waals surface area contributed by atoms with E-state index in [2.05, 4.69) is 49.7 Å². The summed E-state index contributed by atoms with van der Waals surface area (Å²) in [5.74, 6) is 0.909. The van der Waals surface area contributed by atoms with Gasteiger partial charge in [0, 0.05) is 19.6 Å². The molecule has 1 aromatic rings. The van der Waals surface area contributed by atoms with Gasteiger partial charge in [-0.2, -0.15) is 0 Å². The number of hydrogen-bond acceptors (Lipinski definition) is 4. The Labute approximate surface area is 113 Å². The predicted octanol–water partition coefficient (Wildman–Crippen LogP) is 2.35. The van der Waals surface area contributed by atoms with Gasteiger partial charge in [0.25, 0.3) is 0 Å². The van der Waals surface area contributed by atoms with Crippen molar-refractivity contribution in [1.29, 1.82) is 0 Å². The predicted molar refractivity (Wildman–Crippen MR) is 74.5 cm³/mol. The first-order valence-electron chi connectivity index (χ1n) is 6.34. The van der Waals surface area contributed by atoms with Crippen molar-refractivity contribution in [2.75, 3.05) is 18.0 Å². The normalized spacial score (nSPS) is 22.2. The van der Waals surface area contributed by atoms with Crippen LogP contribution in [0.3, 0.4) is 0 Å². The molecule has 1 N–H and O–H groups in total. The summed E-state index contributed by atoms with van der Waals surface area (Å²) in [5.41, 5.74) is -0.373. The second-order valence-corrected chi connectivity index (χ2v) is 6.44. The molecule has 0 aliphatic carbocycles. The number of H-pyrrole nitrogens is 1. The smallest absolute Gasteiger partial charge is 0.225 e. The lowest BCUT2D eigenvalue weighted by Gasteiger charge is -2.47. The summed E-state index contributed by atoms with van der Waals surface area (Å²) >= 11 is 5.24. The highest BCUT2D eigenvalue weighted by molar-refractivity contribution is 7.71. The van der Waals surface area contributed by atoms with E-state index >= 15 is 0 Å². The summed E-state index contributed by atoms with van der Waals surface area (Å²) in [5, 5.41) is 7.23. The van der Waals surface area contributed by atoms with Crippen LogP contribution in [0.15, 0.2) is 0 Å². The van der Waals surface area contributed by atoms with Crippen LogP contribution in [0.25, 0.3) is 0 Å². The van der Waals surface area contributed by atoms with Crippen LogP contribution in [0.1, 0.15) is 34.6 Å². The minimum Gasteiger partial charge on any atom is -0.366 e. The molecular formula is C12H22N4OS. The van der Waals surface area contributed by atoms with Gasteiger partial charge in [0.05, 0.1) is 11.2 Å². The van der Waals surface area contributed by atoms with E-state index in [4.69, 9.17) is 17.0 Å². The van der Waals surface area contributed by atoms with Crippen molar-refractivity contribution in [2.45, 2.75) is 52.4 Å². The van der Waals surface area contributed by atoms with Crippen molar-refractivity contribution >= 4 is 18.2 Å². The van der Waals surface area contributed by atoms with E-state index in [0.29, 0.717) is 4.77 Å². The van der Waals surface area contributed by atoms with E-state index < -0.39 is 0 Å². The Morgan fingerprint density at radius 2 is 1.83 bits per heavy atom. The maximum atomic E-state index is 6.08. The molecule has 1 aromatic heterocycles. The zero-order valence-corrected chi connectivity index (χ0v) is 12.6. The highest BCUT2D eigenvalue weighted by Crippen LogP contribution is 2.30. The van der Waals surface area contributed by atoms with Gasteiger partial charge >= 0.3 is 0 Å². The lowest BCUT2D eigenvalue weighted by Crippen LogP contribution is -2.57. The molecule has 0 bridgehead atoms. The maximum Gasteiger partial charge on any atom is 0.225 e. The van der Waals surface area contributed by atoms with Crippen molar-refractivity contribution in [1.82, 2.24) is 14.8 Å². The number of aromatic nitrogens is 3. The molecule has 18 heavy (non-hydrogen) atoms. The van der Waals surface area contributed by atoms with Crippen molar-refractivity contribution in [3.05, 3.63) is 4.77 Å². The molecule has 0 amide bonds. The molecule has 0 aromatic carbocycles. The van der Waals surface area contributed by atoms with Gasteiger partial charge in [0.1, 0.15) is 0 Å². The molecule has 1 aliphatic heterocycles. The Morgan fingerprint density at radius 3 is 2.33 bits per heavy atom. The Bertz CT molecular complexity index is 473. The van der Waals surface area contributed by atoms with E-state index in [-0.39, 0.29) is 11.2 Å². The summed E-state index contributed by atoms with van der Waals surface area (Å²) in [6.45, 7) is 13.0. The van der Waals surface area contributed by atoms with Gasteiger partial charge in [-0.05, 0) is 46.8 Å². The molecule has 0 atom stereocenters. The standard InChI is InChI=1S/C12H22N4OS/c1-6-16-9(13-14-10(16)18)15-7-11(2,3)17-12(4,5)8-15/h6-8H2,1-5H3,(H,14,18). The molecule has 0 spiro atoms. The van der Waals surface area contributed by atoms with Crippen molar-refractivity contribution in [2.24, 2.45) is 0 Å². The summed E-state index contributed by atoms with van der Waals surface area (Å²) in [6, 6.07) is 0. The molecule has 2 rings (SSSR count).